The molecule has 2 heterocycles. The first-order chi connectivity index (χ1) is 18.0. The maximum Gasteiger partial charge on any atom is 0.220 e. The first-order valence-electron chi connectivity index (χ1n) is 13.1. The molecule has 1 saturated carbocycles. The average Bonchev–Trinajstić information content (AvgIpc) is 3.30. The van der Waals surface area contributed by atoms with Crippen LogP contribution in [0.3, 0.4) is 0 Å². The Morgan fingerprint density at radius 1 is 1.03 bits per heavy atom. The second-order valence-corrected chi connectivity index (χ2v) is 10.2. The number of amides is 1. The lowest BCUT2D eigenvalue weighted by Gasteiger charge is -2.29. The fourth-order valence-corrected chi connectivity index (χ4v) is 4.94. The van der Waals surface area contributed by atoms with Crippen LogP contribution in [0.1, 0.15) is 58.4 Å². The highest BCUT2D eigenvalue weighted by Gasteiger charge is 2.27. The number of nitrogens with one attached hydrogen (secondary N) is 1. The first-order valence-corrected chi connectivity index (χ1v) is 13.1. The zero-order valence-electron chi connectivity index (χ0n) is 21.4. The van der Waals surface area contributed by atoms with E-state index in [0.717, 1.165) is 65.9 Å². The van der Waals surface area contributed by atoms with Gasteiger partial charge in [-0.1, -0.05) is 32.0 Å². The molecule has 2 aromatic heterocycles. The van der Waals surface area contributed by atoms with Gasteiger partial charge in [-0.05, 0) is 74.4 Å². The van der Waals surface area contributed by atoms with Gasteiger partial charge in [0.15, 0.2) is 5.65 Å². The topological polar surface area (TPSA) is 108 Å². The molecule has 0 saturated heterocycles. The van der Waals surface area contributed by atoms with E-state index in [4.69, 9.17) is 15.6 Å². The summed E-state index contributed by atoms with van der Waals surface area (Å²) < 4.78 is 7.95. The number of para-hydroxylation sites is 1. The Labute approximate surface area is 217 Å². The number of rotatable bonds is 8. The molecule has 2 aromatic carbocycles. The number of carbonyl (C=O) groups is 1. The number of nitrogen functional groups attached to an aromatic ring is 1. The zero-order valence-corrected chi connectivity index (χ0v) is 21.4. The zero-order chi connectivity index (χ0) is 25.8. The normalized spacial score (nSPS) is 17.7. The number of aromatic nitrogens is 4. The smallest absolute Gasteiger partial charge is 0.220 e. The number of hydrogen-bond donors (Lipinski definition) is 2. The standard InChI is InChI=1S/C29H34N6O2/c1-19(2)8-17-25(36)33-21-11-13-22(14-12-21)35-29-26(28(30)31-18-32-29)27(34-35)20-9-15-24(16-10-20)37-23-6-4-3-5-7-23/h3-7,9-10,15-16,18-19,21-22H,8,11-14,17H2,1-2H3,(H,33,36)(H2,30,31,32)/t21-,22+. The predicted octanol–water partition coefficient (Wildman–Crippen LogP) is 5.90. The van der Waals surface area contributed by atoms with Crippen molar-refractivity contribution in [2.24, 2.45) is 5.92 Å². The summed E-state index contributed by atoms with van der Waals surface area (Å²) in [4.78, 5) is 21.1. The Bertz CT molecular complexity index is 1340. The van der Waals surface area contributed by atoms with Gasteiger partial charge < -0.3 is 15.8 Å². The van der Waals surface area contributed by atoms with Crippen molar-refractivity contribution in [1.82, 2.24) is 25.1 Å². The van der Waals surface area contributed by atoms with Crippen LogP contribution in [0.15, 0.2) is 60.9 Å². The first kappa shape index (κ1) is 24.7. The summed E-state index contributed by atoms with van der Waals surface area (Å²) in [7, 11) is 0. The number of fused-ring (bicyclic) bond motifs is 1. The van der Waals surface area contributed by atoms with Crippen LogP contribution in [0.5, 0.6) is 11.5 Å². The monoisotopic (exact) mass is 498 g/mol. The van der Waals surface area contributed by atoms with Gasteiger partial charge in [0.05, 0.1) is 11.4 Å². The molecule has 1 fully saturated rings. The largest absolute Gasteiger partial charge is 0.457 e. The van der Waals surface area contributed by atoms with Crippen LogP contribution in [-0.2, 0) is 4.79 Å². The van der Waals surface area contributed by atoms with Crippen molar-refractivity contribution < 1.29 is 9.53 Å². The fraction of sp³-hybridized carbons (Fsp3) is 0.379. The van der Waals surface area contributed by atoms with E-state index in [1.54, 1.807) is 0 Å². The van der Waals surface area contributed by atoms with Crippen LogP contribution in [0, 0.1) is 5.92 Å². The second kappa shape index (κ2) is 11.0. The van der Waals surface area contributed by atoms with Gasteiger partial charge in [-0.15, -0.1) is 0 Å². The summed E-state index contributed by atoms with van der Waals surface area (Å²) in [5, 5.41) is 8.99. The van der Waals surface area contributed by atoms with Crippen molar-refractivity contribution in [1.29, 1.82) is 0 Å². The minimum atomic E-state index is 0.157. The van der Waals surface area contributed by atoms with Gasteiger partial charge in [0, 0.05) is 18.0 Å². The summed E-state index contributed by atoms with van der Waals surface area (Å²) in [5.74, 6) is 2.64. The highest BCUT2D eigenvalue weighted by Crippen LogP contribution is 2.36. The van der Waals surface area contributed by atoms with Crippen molar-refractivity contribution in [2.75, 3.05) is 5.73 Å². The molecule has 8 nitrogen and oxygen atoms in total. The van der Waals surface area contributed by atoms with E-state index in [9.17, 15) is 4.79 Å². The molecule has 37 heavy (non-hydrogen) atoms. The lowest BCUT2D eigenvalue weighted by molar-refractivity contribution is -0.122. The molecule has 1 amide bonds. The third-order valence-corrected chi connectivity index (χ3v) is 6.98. The molecule has 192 valence electrons. The van der Waals surface area contributed by atoms with Crippen molar-refractivity contribution in [3.8, 4) is 22.8 Å². The number of ether oxygens (including phenoxy) is 1. The predicted molar refractivity (Wildman–Crippen MR) is 145 cm³/mol. The molecule has 4 aromatic rings. The van der Waals surface area contributed by atoms with Gasteiger partial charge in [0.25, 0.3) is 0 Å². The van der Waals surface area contributed by atoms with Gasteiger partial charge >= 0.3 is 0 Å². The Balaban J connectivity index is 1.33. The molecule has 0 unspecified atom stereocenters. The molecular weight excluding hydrogens is 464 g/mol. The second-order valence-electron chi connectivity index (χ2n) is 10.2. The number of benzene rings is 2. The summed E-state index contributed by atoms with van der Waals surface area (Å²) in [6.45, 7) is 4.29. The van der Waals surface area contributed by atoms with E-state index < -0.39 is 0 Å². The number of hydrogen-bond acceptors (Lipinski definition) is 6. The summed E-state index contributed by atoms with van der Waals surface area (Å²) >= 11 is 0. The number of anilines is 1. The highest BCUT2D eigenvalue weighted by atomic mass is 16.5. The molecule has 0 spiro atoms. The Hall–Kier alpha value is -3.94. The quantitative estimate of drug-likeness (QED) is 0.313. The van der Waals surface area contributed by atoms with Gasteiger partial charge in [0.2, 0.25) is 5.91 Å². The molecule has 3 N–H and O–H groups in total. The van der Waals surface area contributed by atoms with Crippen molar-refractivity contribution in [3.63, 3.8) is 0 Å². The van der Waals surface area contributed by atoms with E-state index in [-0.39, 0.29) is 18.0 Å². The van der Waals surface area contributed by atoms with Gasteiger partial charge in [-0.25, -0.2) is 14.6 Å². The maximum atomic E-state index is 12.3. The molecule has 0 aliphatic heterocycles. The van der Waals surface area contributed by atoms with E-state index in [0.29, 0.717) is 18.2 Å². The summed E-state index contributed by atoms with van der Waals surface area (Å²) in [5.41, 5.74) is 8.76. The molecule has 5 rings (SSSR count). The minimum absolute atomic E-state index is 0.157. The number of carbonyl (C=O) groups excluding carboxylic acids is 1. The van der Waals surface area contributed by atoms with Crippen LogP contribution in [0.25, 0.3) is 22.3 Å². The Morgan fingerprint density at radius 3 is 2.43 bits per heavy atom. The van der Waals surface area contributed by atoms with Gasteiger partial charge in [-0.3, -0.25) is 4.79 Å². The van der Waals surface area contributed by atoms with E-state index >= 15 is 0 Å². The third kappa shape index (κ3) is 5.74. The molecule has 0 radical (unpaired) electrons. The van der Waals surface area contributed by atoms with Crippen molar-refractivity contribution in [2.45, 2.75) is 64.5 Å². The van der Waals surface area contributed by atoms with Gasteiger partial charge in [-0.2, -0.15) is 5.10 Å². The third-order valence-electron chi connectivity index (χ3n) is 6.98. The van der Waals surface area contributed by atoms with E-state index in [1.807, 2.05) is 59.3 Å². The molecular formula is C29H34N6O2. The minimum Gasteiger partial charge on any atom is -0.457 e. The average molecular weight is 499 g/mol. The fourth-order valence-electron chi connectivity index (χ4n) is 4.94. The van der Waals surface area contributed by atoms with Crippen LogP contribution < -0.4 is 15.8 Å². The van der Waals surface area contributed by atoms with Crippen LogP contribution >= 0.6 is 0 Å². The van der Waals surface area contributed by atoms with Crippen molar-refractivity contribution >= 4 is 22.8 Å². The molecule has 1 aliphatic carbocycles. The SMILES string of the molecule is CC(C)CCC(=O)N[C@H]1CC[C@@H](n2nc(-c3ccc(Oc4ccccc4)cc3)c3c(N)ncnc32)CC1. The Kier molecular flexibility index (Phi) is 7.35. The summed E-state index contributed by atoms with van der Waals surface area (Å²) in [6, 6.07) is 17.9. The highest BCUT2D eigenvalue weighted by molar-refractivity contribution is 5.98. The van der Waals surface area contributed by atoms with Crippen molar-refractivity contribution in [3.05, 3.63) is 60.9 Å². The molecule has 0 bridgehead atoms. The Morgan fingerprint density at radius 2 is 1.73 bits per heavy atom. The maximum absolute atomic E-state index is 12.3. The number of nitrogens with two attached hydrogens (primary N) is 1. The van der Waals surface area contributed by atoms with Crippen LogP contribution in [0.4, 0.5) is 5.82 Å². The lowest BCUT2D eigenvalue weighted by Crippen LogP contribution is -2.38. The van der Waals surface area contributed by atoms with E-state index in [2.05, 4.69) is 29.1 Å². The number of nitrogens with zero attached hydrogens (tertiary/aromatic N) is 4. The van der Waals surface area contributed by atoms with Crippen LogP contribution in [-0.4, -0.2) is 31.7 Å². The molecule has 8 heteroatoms. The lowest BCUT2D eigenvalue weighted by atomic mass is 9.91. The van der Waals surface area contributed by atoms with E-state index in [1.165, 1.54) is 6.33 Å². The molecule has 1 aliphatic rings. The van der Waals surface area contributed by atoms with Crippen LogP contribution in [0.2, 0.25) is 0 Å². The van der Waals surface area contributed by atoms with Gasteiger partial charge in [0.1, 0.15) is 29.3 Å². The molecule has 0 atom stereocenters. The summed E-state index contributed by atoms with van der Waals surface area (Å²) in [6.07, 6.45) is 6.68.